The first-order valence-electron chi connectivity index (χ1n) is 6.37. The molecule has 0 heterocycles. The van der Waals surface area contributed by atoms with Crippen molar-refractivity contribution in [2.75, 3.05) is 18.5 Å². The van der Waals surface area contributed by atoms with Gasteiger partial charge in [-0.25, -0.2) is 4.79 Å². The Balaban J connectivity index is 2.85. The molecule has 0 aliphatic heterocycles. The fourth-order valence-corrected chi connectivity index (χ4v) is 1.74. The number of carbonyl (C=O) groups excluding carboxylic acids is 1. The smallest absolute Gasteiger partial charge is 0.333 e. The van der Waals surface area contributed by atoms with Gasteiger partial charge in [0.15, 0.2) is 0 Å². The fraction of sp³-hybridized carbons (Fsp3) is 0.400. The average Bonchev–Trinajstić information content (AvgIpc) is 2.43. The molecule has 104 valence electrons. The van der Waals surface area contributed by atoms with Crippen LogP contribution in [-0.2, 0) is 9.53 Å². The fourth-order valence-electron chi connectivity index (χ4n) is 1.58. The summed E-state index contributed by atoms with van der Waals surface area (Å²) < 4.78 is 10.5. The van der Waals surface area contributed by atoms with E-state index in [1.165, 1.54) is 0 Å². The van der Waals surface area contributed by atoms with Crippen LogP contribution < -0.4 is 4.74 Å². The maximum atomic E-state index is 11.7. The van der Waals surface area contributed by atoms with Crippen molar-refractivity contribution in [1.29, 1.82) is 0 Å². The van der Waals surface area contributed by atoms with Crippen molar-refractivity contribution >= 4 is 28.0 Å². The minimum Gasteiger partial charge on any atom is -0.493 e. The largest absolute Gasteiger partial charge is 0.493 e. The zero-order valence-electron chi connectivity index (χ0n) is 11.3. The third-order valence-electron chi connectivity index (χ3n) is 2.46. The molecule has 0 saturated heterocycles. The monoisotopic (exact) mass is 326 g/mol. The molecule has 3 nitrogen and oxygen atoms in total. The Morgan fingerprint density at radius 1 is 1.37 bits per heavy atom. The van der Waals surface area contributed by atoms with Gasteiger partial charge in [-0.05, 0) is 37.1 Å². The Morgan fingerprint density at radius 3 is 2.79 bits per heavy atom. The lowest BCUT2D eigenvalue weighted by molar-refractivity contribution is -0.138. The quantitative estimate of drug-likeness (QED) is 0.434. The molecule has 19 heavy (non-hydrogen) atoms. The van der Waals surface area contributed by atoms with Gasteiger partial charge in [-0.2, -0.15) is 0 Å². The lowest BCUT2D eigenvalue weighted by Gasteiger charge is -2.07. The summed E-state index contributed by atoms with van der Waals surface area (Å²) in [5.74, 6) is 0.546. The minimum atomic E-state index is -0.253. The summed E-state index contributed by atoms with van der Waals surface area (Å²) in [6.07, 6.45) is 2.49. The second-order valence-corrected chi connectivity index (χ2v) is 4.65. The van der Waals surface area contributed by atoms with Gasteiger partial charge in [0.05, 0.1) is 13.2 Å². The average molecular weight is 327 g/mol. The standard InChI is InChI=1S/C15H19BrO3/c1-3-13(15(17)18-4-2)10-12-6-5-7-14(11-12)19-9-8-16/h5-7,10-11H,3-4,8-9H2,1-2H3/b13-10+. The van der Waals surface area contributed by atoms with E-state index in [2.05, 4.69) is 15.9 Å². The third-order valence-corrected chi connectivity index (χ3v) is 2.79. The van der Waals surface area contributed by atoms with Crippen LogP contribution in [0.5, 0.6) is 5.75 Å². The first kappa shape index (κ1) is 15.8. The summed E-state index contributed by atoms with van der Waals surface area (Å²) in [4.78, 5) is 11.7. The molecule has 0 spiro atoms. The topological polar surface area (TPSA) is 35.5 Å². The molecule has 0 fully saturated rings. The molecule has 0 atom stereocenters. The van der Waals surface area contributed by atoms with Crippen molar-refractivity contribution in [3.8, 4) is 5.75 Å². The molecular weight excluding hydrogens is 308 g/mol. The molecule has 0 radical (unpaired) electrons. The number of hydrogen-bond donors (Lipinski definition) is 0. The molecule has 0 unspecified atom stereocenters. The van der Waals surface area contributed by atoms with E-state index in [9.17, 15) is 4.79 Å². The molecule has 4 heteroatoms. The first-order chi connectivity index (χ1) is 9.21. The van der Waals surface area contributed by atoms with Crippen LogP contribution in [0.1, 0.15) is 25.8 Å². The lowest BCUT2D eigenvalue weighted by Crippen LogP contribution is -2.06. The number of halogens is 1. The number of benzene rings is 1. The molecule has 0 amide bonds. The van der Waals surface area contributed by atoms with Gasteiger partial charge < -0.3 is 9.47 Å². The van der Waals surface area contributed by atoms with Crippen LogP contribution in [0.2, 0.25) is 0 Å². The van der Waals surface area contributed by atoms with Gasteiger partial charge >= 0.3 is 5.97 Å². The van der Waals surface area contributed by atoms with Gasteiger partial charge in [-0.15, -0.1) is 0 Å². The highest BCUT2D eigenvalue weighted by Gasteiger charge is 2.08. The number of ether oxygens (including phenoxy) is 2. The number of esters is 1. The molecule has 0 bridgehead atoms. The summed E-state index contributed by atoms with van der Waals surface area (Å²) >= 11 is 3.32. The molecule has 1 aromatic rings. The van der Waals surface area contributed by atoms with Crippen LogP contribution in [0.15, 0.2) is 29.8 Å². The van der Waals surface area contributed by atoms with Crippen LogP contribution in [0.4, 0.5) is 0 Å². The summed E-state index contributed by atoms with van der Waals surface area (Å²) in [5, 5.41) is 0.788. The summed E-state index contributed by atoms with van der Waals surface area (Å²) in [5.41, 5.74) is 1.61. The molecule has 0 aliphatic rings. The van der Waals surface area contributed by atoms with Crippen LogP contribution in [0.3, 0.4) is 0 Å². The predicted molar refractivity (Wildman–Crippen MR) is 80.6 cm³/mol. The van der Waals surface area contributed by atoms with Gasteiger partial charge in [0.2, 0.25) is 0 Å². The van der Waals surface area contributed by atoms with Crippen molar-refractivity contribution < 1.29 is 14.3 Å². The van der Waals surface area contributed by atoms with Crippen molar-refractivity contribution in [3.05, 3.63) is 35.4 Å². The summed E-state index contributed by atoms with van der Waals surface area (Å²) in [6, 6.07) is 7.66. The molecule has 1 aromatic carbocycles. The number of alkyl halides is 1. The normalized spacial score (nSPS) is 11.2. The summed E-state index contributed by atoms with van der Waals surface area (Å²) in [7, 11) is 0. The Kier molecular flexibility index (Phi) is 7.26. The van der Waals surface area contributed by atoms with E-state index in [1.54, 1.807) is 6.92 Å². The SMILES string of the molecule is CCOC(=O)/C(=C/c1cccc(OCCBr)c1)CC. The molecule has 0 saturated carbocycles. The van der Waals surface area contributed by atoms with Crippen LogP contribution in [0.25, 0.3) is 6.08 Å². The van der Waals surface area contributed by atoms with Crippen molar-refractivity contribution in [2.24, 2.45) is 0 Å². The zero-order chi connectivity index (χ0) is 14.1. The lowest BCUT2D eigenvalue weighted by atomic mass is 10.1. The Labute approximate surface area is 122 Å². The number of rotatable bonds is 7. The molecule has 0 N–H and O–H groups in total. The Morgan fingerprint density at radius 2 is 2.16 bits per heavy atom. The van der Waals surface area contributed by atoms with Crippen LogP contribution in [-0.4, -0.2) is 24.5 Å². The van der Waals surface area contributed by atoms with Gasteiger partial charge in [-0.1, -0.05) is 35.0 Å². The van der Waals surface area contributed by atoms with Crippen molar-refractivity contribution in [3.63, 3.8) is 0 Å². The highest BCUT2D eigenvalue weighted by molar-refractivity contribution is 9.09. The Bertz CT molecular complexity index is 441. The molecule has 0 aliphatic carbocycles. The van der Waals surface area contributed by atoms with E-state index in [0.29, 0.717) is 25.2 Å². The van der Waals surface area contributed by atoms with Crippen molar-refractivity contribution in [1.82, 2.24) is 0 Å². The van der Waals surface area contributed by atoms with Crippen LogP contribution >= 0.6 is 15.9 Å². The van der Waals surface area contributed by atoms with E-state index in [0.717, 1.165) is 16.6 Å². The number of carbonyl (C=O) groups is 1. The zero-order valence-corrected chi connectivity index (χ0v) is 12.9. The maximum absolute atomic E-state index is 11.7. The summed E-state index contributed by atoms with van der Waals surface area (Å²) in [6.45, 7) is 4.75. The first-order valence-corrected chi connectivity index (χ1v) is 7.49. The highest BCUT2D eigenvalue weighted by atomic mass is 79.9. The molecule has 1 rings (SSSR count). The minimum absolute atomic E-state index is 0.253. The van der Waals surface area contributed by atoms with E-state index in [1.807, 2.05) is 37.3 Å². The maximum Gasteiger partial charge on any atom is 0.333 e. The Hall–Kier alpha value is -1.29. The van der Waals surface area contributed by atoms with Gasteiger partial charge in [-0.3, -0.25) is 0 Å². The van der Waals surface area contributed by atoms with E-state index in [4.69, 9.17) is 9.47 Å². The predicted octanol–water partition coefficient (Wildman–Crippen LogP) is 3.82. The van der Waals surface area contributed by atoms with Gasteiger partial charge in [0.25, 0.3) is 0 Å². The van der Waals surface area contributed by atoms with Crippen molar-refractivity contribution in [2.45, 2.75) is 20.3 Å². The highest BCUT2D eigenvalue weighted by Crippen LogP contribution is 2.17. The van der Waals surface area contributed by atoms with E-state index >= 15 is 0 Å². The van der Waals surface area contributed by atoms with Gasteiger partial charge in [0.1, 0.15) is 5.75 Å². The van der Waals surface area contributed by atoms with Crippen LogP contribution in [0, 0.1) is 0 Å². The molecular formula is C15H19BrO3. The number of hydrogen-bond acceptors (Lipinski definition) is 3. The second-order valence-electron chi connectivity index (χ2n) is 3.85. The second kappa shape index (κ2) is 8.75. The van der Waals surface area contributed by atoms with Gasteiger partial charge in [0, 0.05) is 10.9 Å². The molecule has 0 aromatic heterocycles. The van der Waals surface area contributed by atoms with E-state index < -0.39 is 0 Å². The van der Waals surface area contributed by atoms with E-state index in [-0.39, 0.29) is 5.97 Å². The third kappa shape index (κ3) is 5.47.